The van der Waals surface area contributed by atoms with Gasteiger partial charge in [0.25, 0.3) is 0 Å². The first kappa shape index (κ1) is 7.11. The molecule has 52 valence electrons. The zero-order valence-corrected chi connectivity index (χ0v) is 6.02. The predicted octanol–water partition coefficient (Wildman–Crippen LogP) is 0.131. The average Bonchev–Trinajstić information content (AvgIpc) is 1.59. The van der Waals surface area contributed by atoms with Crippen molar-refractivity contribution in [3.05, 3.63) is 11.2 Å². The van der Waals surface area contributed by atoms with E-state index < -0.39 is 0 Å². The van der Waals surface area contributed by atoms with Crippen LogP contribution in [-0.4, -0.2) is 16.2 Å². The summed E-state index contributed by atoms with van der Waals surface area (Å²) in [4.78, 5) is 0. The summed E-state index contributed by atoms with van der Waals surface area (Å²) in [6.07, 6.45) is 1.54. The highest BCUT2D eigenvalue weighted by Gasteiger charge is 2.10. The zero-order valence-electron chi connectivity index (χ0n) is 4.51. The summed E-state index contributed by atoms with van der Waals surface area (Å²) in [6.45, 7) is 0.455. The van der Waals surface area contributed by atoms with Crippen molar-refractivity contribution < 1.29 is 0 Å². The third-order valence-electron chi connectivity index (χ3n) is 0.793. The highest BCUT2D eigenvalue weighted by atomic mass is 35.5. The molecular weight excluding hydrogens is 163 g/mol. The molecule has 1 rings (SSSR count). The molecule has 1 aliphatic rings. The van der Waals surface area contributed by atoms with Gasteiger partial charge in [0.2, 0.25) is 0 Å². The maximum atomic E-state index is 5.58. The number of hydrogen-bond donors (Lipinski definition) is 2. The van der Waals surface area contributed by atoms with Gasteiger partial charge in [-0.25, -0.2) is 11.0 Å². The van der Waals surface area contributed by atoms with Gasteiger partial charge in [0.05, 0.1) is 17.8 Å². The number of halogens is 2. The second-order valence-corrected chi connectivity index (χ2v) is 2.50. The number of nitrogens with two attached hydrogens (primary N) is 1. The van der Waals surface area contributed by atoms with Crippen LogP contribution in [0.3, 0.4) is 0 Å². The van der Waals surface area contributed by atoms with E-state index in [1.165, 1.54) is 9.65 Å². The Balaban J connectivity index is 2.56. The molecule has 0 saturated heterocycles. The van der Waals surface area contributed by atoms with E-state index in [0.29, 0.717) is 11.6 Å². The molecule has 0 atom stereocenters. The largest absolute Gasteiger partial charge is 0.235 e. The van der Waals surface area contributed by atoms with Gasteiger partial charge in [-0.05, 0) is 11.8 Å². The lowest BCUT2D eigenvalue weighted by molar-refractivity contribution is 0.130. The molecular formula is C3H6Cl2N4. The molecule has 0 aromatic rings. The fraction of sp³-hybridized carbons (Fsp3) is 0.333. The molecule has 3 N–H and O–H groups in total. The first-order valence-electron chi connectivity index (χ1n) is 2.28. The Labute approximate surface area is 62.8 Å². The van der Waals surface area contributed by atoms with Crippen LogP contribution >= 0.6 is 23.4 Å². The van der Waals surface area contributed by atoms with Crippen molar-refractivity contribution in [3.63, 3.8) is 0 Å². The molecule has 1 heterocycles. The van der Waals surface area contributed by atoms with Crippen LogP contribution in [0, 0.1) is 0 Å². The summed E-state index contributed by atoms with van der Waals surface area (Å²) in [5, 5.41) is 1.77. The zero-order chi connectivity index (χ0) is 6.85. The van der Waals surface area contributed by atoms with Crippen molar-refractivity contribution in [2.24, 2.45) is 5.84 Å². The second kappa shape index (κ2) is 2.72. The van der Waals surface area contributed by atoms with Crippen LogP contribution in [0.2, 0.25) is 0 Å². The molecule has 0 radical (unpaired) electrons. The molecule has 6 heteroatoms. The van der Waals surface area contributed by atoms with Crippen LogP contribution in [0.1, 0.15) is 0 Å². The molecule has 4 nitrogen and oxygen atoms in total. The van der Waals surface area contributed by atoms with E-state index in [4.69, 9.17) is 29.2 Å². The van der Waals surface area contributed by atoms with Crippen LogP contribution in [0.4, 0.5) is 0 Å². The highest BCUT2D eigenvalue weighted by molar-refractivity contribution is 6.30. The van der Waals surface area contributed by atoms with Crippen LogP contribution < -0.4 is 11.4 Å². The van der Waals surface area contributed by atoms with Crippen molar-refractivity contribution in [3.8, 4) is 0 Å². The lowest BCUT2D eigenvalue weighted by Gasteiger charge is -2.25. The lowest BCUT2D eigenvalue weighted by atomic mass is 10.6. The number of hydrogen-bond acceptors (Lipinski definition) is 4. The summed E-state index contributed by atoms with van der Waals surface area (Å²) in [5.41, 5.74) is 2.56. The molecule has 9 heavy (non-hydrogen) atoms. The highest BCUT2D eigenvalue weighted by Crippen LogP contribution is 2.08. The van der Waals surface area contributed by atoms with Crippen LogP contribution in [0.15, 0.2) is 11.2 Å². The van der Waals surface area contributed by atoms with E-state index in [-0.39, 0.29) is 0 Å². The number of nitrogens with zero attached hydrogens (tertiary/aromatic N) is 2. The summed E-state index contributed by atoms with van der Waals surface area (Å²) < 4.78 is 1.25. The van der Waals surface area contributed by atoms with Gasteiger partial charge in [0, 0.05) is 0 Å². The molecule has 0 aliphatic carbocycles. The van der Waals surface area contributed by atoms with Crippen molar-refractivity contribution in [2.45, 2.75) is 0 Å². The first-order chi connectivity index (χ1) is 4.18. The van der Waals surface area contributed by atoms with Gasteiger partial charge >= 0.3 is 0 Å². The average molecular weight is 169 g/mol. The monoisotopic (exact) mass is 168 g/mol. The number of nitrogens with one attached hydrogen (secondary N) is 1. The number of rotatable bonds is 0. The smallest absolute Gasteiger partial charge is 0.0688 e. The third kappa shape index (κ3) is 2.00. The predicted molar refractivity (Wildman–Crippen MR) is 35.7 cm³/mol. The minimum atomic E-state index is 0.455. The van der Waals surface area contributed by atoms with Crippen molar-refractivity contribution in [1.82, 2.24) is 15.2 Å². The Hall–Kier alpha value is -0.0000000000000000208. The number of hydrazine groups is 3. The Kier molecular flexibility index (Phi) is 2.15. The quantitative estimate of drug-likeness (QED) is 0.399. The van der Waals surface area contributed by atoms with E-state index in [0.717, 1.165) is 0 Å². The summed E-state index contributed by atoms with van der Waals surface area (Å²) in [7, 11) is 0. The lowest BCUT2D eigenvalue weighted by Crippen LogP contribution is -2.49. The van der Waals surface area contributed by atoms with Gasteiger partial charge in [-0.1, -0.05) is 11.6 Å². The SMILES string of the molecule is NN1C=C(Cl)CN(Cl)N1. The fourth-order valence-corrected chi connectivity index (χ4v) is 1.02. The summed E-state index contributed by atoms with van der Waals surface area (Å²) in [6, 6.07) is 0. The minimum Gasteiger partial charge on any atom is -0.235 e. The van der Waals surface area contributed by atoms with Crippen LogP contribution in [-0.2, 0) is 0 Å². The van der Waals surface area contributed by atoms with E-state index in [1.54, 1.807) is 6.20 Å². The normalized spacial score (nSPS) is 22.1. The molecule has 0 amide bonds. The molecule has 0 bridgehead atoms. The Morgan fingerprint density at radius 3 is 2.89 bits per heavy atom. The van der Waals surface area contributed by atoms with Crippen molar-refractivity contribution >= 4 is 23.4 Å². The standard InChI is InChI=1S/C3H6Cl2N4/c4-3-1-8(5)7-9(6)2-3/h2,7H,1,6H2. The van der Waals surface area contributed by atoms with Gasteiger partial charge < -0.3 is 0 Å². The topological polar surface area (TPSA) is 44.5 Å². The molecule has 0 saturated carbocycles. The molecule has 0 fully saturated rings. The van der Waals surface area contributed by atoms with Gasteiger partial charge in [-0.3, -0.25) is 0 Å². The van der Waals surface area contributed by atoms with E-state index in [9.17, 15) is 0 Å². The fourth-order valence-electron chi connectivity index (χ4n) is 0.514. The van der Waals surface area contributed by atoms with Crippen molar-refractivity contribution in [2.75, 3.05) is 6.54 Å². The molecule has 0 aromatic carbocycles. The Morgan fingerprint density at radius 2 is 2.44 bits per heavy atom. The molecule has 0 aromatic heterocycles. The molecule has 1 aliphatic heterocycles. The molecule has 0 unspecified atom stereocenters. The molecule has 0 spiro atoms. The maximum absolute atomic E-state index is 5.58. The van der Waals surface area contributed by atoms with E-state index in [1.807, 2.05) is 0 Å². The second-order valence-electron chi connectivity index (χ2n) is 1.60. The Morgan fingerprint density at radius 1 is 1.78 bits per heavy atom. The van der Waals surface area contributed by atoms with Gasteiger partial charge in [0.15, 0.2) is 0 Å². The summed E-state index contributed by atoms with van der Waals surface area (Å²) >= 11 is 11.1. The third-order valence-corrected chi connectivity index (χ3v) is 1.21. The maximum Gasteiger partial charge on any atom is 0.0688 e. The summed E-state index contributed by atoms with van der Waals surface area (Å²) in [5.74, 6) is 5.25. The van der Waals surface area contributed by atoms with E-state index >= 15 is 0 Å². The van der Waals surface area contributed by atoms with Gasteiger partial charge in [-0.15, -0.1) is 10.1 Å². The Bertz CT molecular complexity index is 136. The van der Waals surface area contributed by atoms with Crippen LogP contribution in [0.5, 0.6) is 0 Å². The van der Waals surface area contributed by atoms with Crippen molar-refractivity contribution in [1.29, 1.82) is 0 Å². The van der Waals surface area contributed by atoms with Crippen LogP contribution in [0.25, 0.3) is 0 Å². The van der Waals surface area contributed by atoms with Gasteiger partial charge in [0.1, 0.15) is 0 Å². The minimum absolute atomic E-state index is 0.455. The first-order valence-corrected chi connectivity index (χ1v) is 3.00. The van der Waals surface area contributed by atoms with Gasteiger partial charge in [-0.2, -0.15) is 0 Å². The van der Waals surface area contributed by atoms with E-state index in [2.05, 4.69) is 5.53 Å².